The molecule has 0 aliphatic carbocycles. The standard InChI is InChI=1S/C13H15FN2O4/c14-9-3-1-2-4-10(9)16-12(18)11(17)15-7-13(19)5-6-20-8-13/h1-4,19H,5-8H2,(H,15,17)(H,16,18). The Morgan fingerprint density at radius 3 is 2.75 bits per heavy atom. The highest BCUT2D eigenvalue weighted by Crippen LogP contribution is 2.17. The highest BCUT2D eigenvalue weighted by Gasteiger charge is 2.33. The lowest BCUT2D eigenvalue weighted by Gasteiger charge is -2.20. The van der Waals surface area contributed by atoms with Gasteiger partial charge in [0.15, 0.2) is 0 Å². The zero-order chi connectivity index (χ0) is 14.6. The zero-order valence-corrected chi connectivity index (χ0v) is 10.7. The van der Waals surface area contributed by atoms with Gasteiger partial charge < -0.3 is 20.5 Å². The number of halogens is 1. The van der Waals surface area contributed by atoms with Crippen LogP contribution in [-0.2, 0) is 14.3 Å². The quantitative estimate of drug-likeness (QED) is 0.683. The minimum atomic E-state index is -1.14. The number of hydrogen-bond donors (Lipinski definition) is 3. The van der Waals surface area contributed by atoms with E-state index in [1.165, 1.54) is 24.3 Å². The Balaban J connectivity index is 1.86. The lowest BCUT2D eigenvalue weighted by molar-refractivity contribution is -0.136. The van der Waals surface area contributed by atoms with Gasteiger partial charge >= 0.3 is 11.8 Å². The molecule has 1 unspecified atom stereocenters. The van der Waals surface area contributed by atoms with E-state index < -0.39 is 23.2 Å². The highest BCUT2D eigenvalue weighted by atomic mass is 19.1. The average molecular weight is 282 g/mol. The maximum absolute atomic E-state index is 13.3. The number of benzene rings is 1. The molecule has 0 saturated carbocycles. The molecule has 7 heteroatoms. The van der Waals surface area contributed by atoms with Crippen LogP contribution in [0.5, 0.6) is 0 Å². The van der Waals surface area contributed by atoms with Gasteiger partial charge in [-0.15, -0.1) is 0 Å². The molecule has 1 aromatic carbocycles. The van der Waals surface area contributed by atoms with E-state index in [1.807, 2.05) is 0 Å². The van der Waals surface area contributed by atoms with Crippen LogP contribution in [0.4, 0.5) is 10.1 Å². The number of anilines is 1. The molecule has 2 amide bonds. The number of aliphatic hydroxyl groups is 1. The lowest BCUT2D eigenvalue weighted by Crippen LogP contribution is -2.46. The smallest absolute Gasteiger partial charge is 0.313 e. The Hall–Kier alpha value is -1.99. The fourth-order valence-electron chi connectivity index (χ4n) is 1.80. The third-order valence-electron chi connectivity index (χ3n) is 2.99. The van der Waals surface area contributed by atoms with E-state index in [0.717, 1.165) is 0 Å². The van der Waals surface area contributed by atoms with Crippen molar-refractivity contribution in [2.45, 2.75) is 12.0 Å². The van der Waals surface area contributed by atoms with Gasteiger partial charge in [0.2, 0.25) is 0 Å². The first-order chi connectivity index (χ1) is 9.50. The van der Waals surface area contributed by atoms with Crippen molar-refractivity contribution in [3.63, 3.8) is 0 Å². The SMILES string of the molecule is O=C(NCC1(O)CCOC1)C(=O)Nc1ccccc1F. The van der Waals surface area contributed by atoms with Crippen molar-refractivity contribution < 1.29 is 23.8 Å². The van der Waals surface area contributed by atoms with Gasteiger partial charge in [-0.25, -0.2) is 4.39 Å². The van der Waals surface area contributed by atoms with Crippen molar-refractivity contribution in [2.24, 2.45) is 0 Å². The number of para-hydroxylation sites is 1. The topological polar surface area (TPSA) is 87.7 Å². The second kappa shape index (κ2) is 5.98. The first kappa shape index (κ1) is 14.4. The minimum Gasteiger partial charge on any atom is -0.386 e. The van der Waals surface area contributed by atoms with E-state index in [4.69, 9.17) is 4.74 Å². The zero-order valence-electron chi connectivity index (χ0n) is 10.7. The third-order valence-corrected chi connectivity index (χ3v) is 2.99. The molecule has 1 aromatic rings. The van der Waals surface area contributed by atoms with E-state index in [1.54, 1.807) is 0 Å². The maximum Gasteiger partial charge on any atom is 0.313 e. The molecule has 1 fully saturated rings. The summed E-state index contributed by atoms with van der Waals surface area (Å²) in [7, 11) is 0. The molecular formula is C13H15FN2O4. The number of rotatable bonds is 3. The summed E-state index contributed by atoms with van der Waals surface area (Å²) in [6.45, 7) is 0.437. The lowest BCUT2D eigenvalue weighted by atomic mass is 10.0. The molecule has 2 rings (SSSR count). The predicted molar refractivity (Wildman–Crippen MR) is 68.4 cm³/mol. The van der Waals surface area contributed by atoms with Gasteiger partial charge in [0.05, 0.1) is 12.3 Å². The second-order valence-electron chi connectivity index (χ2n) is 4.64. The van der Waals surface area contributed by atoms with E-state index in [-0.39, 0.29) is 18.8 Å². The van der Waals surface area contributed by atoms with Crippen LogP contribution in [0.2, 0.25) is 0 Å². The molecule has 108 valence electrons. The summed E-state index contributed by atoms with van der Waals surface area (Å²) in [5.41, 5.74) is -1.22. The molecule has 20 heavy (non-hydrogen) atoms. The summed E-state index contributed by atoms with van der Waals surface area (Å²) in [5.74, 6) is -2.55. The van der Waals surface area contributed by atoms with Crippen molar-refractivity contribution in [3.8, 4) is 0 Å². The van der Waals surface area contributed by atoms with Crippen LogP contribution < -0.4 is 10.6 Å². The van der Waals surface area contributed by atoms with Crippen molar-refractivity contribution >= 4 is 17.5 Å². The summed E-state index contributed by atoms with van der Waals surface area (Å²) in [6, 6.07) is 5.53. The largest absolute Gasteiger partial charge is 0.386 e. The molecule has 0 radical (unpaired) electrons. The van der Waals surface area contributed by atoms with Crippen molar-refractivity contribution in [2.75, 3.05) is 25.1 Å². The van der Waals surface area contributed by atoms with Crippen molar-refractivity contribution in [1.82, 2.24) is 5.32 Å². The van der Waals surface area contributed by atoms with Crippen LogP contribution in [0.25, 0.3) is 0 Å². The molecule has 3 N–H and O–H groups in total. The molecular weight excluding hydrogens is 267 g/mol. The average Bonchev–Trinajstić information content (AvgIpc) is 2.86. The molecule has 1 aliphatic heterocycles. The maximum atomic E-state index is 13.3. The van der Waals surface area contributed by atoms with Gasteiger partial charge in [-0.1, -0.05) is 12.1 Å². The number of hydrogen-bond acceptors (Lipinski definition) is 4. The number of ether oxygens (including phenoxy) is 1. The number of amides is 2. The van der Waals surface area contributed by atoms with Gasteiger partial charge in [-0.2, -0.15) is 0 Å². The summed E-state index contributed by atoms with van der Waals surface area (Å²) in [5, 5.41) is 14.4. The summed E-state index contributed by atoms with van der Waals surface area (Å²) >= 11 is 0. The van der Waals surface area contributed by atoms with Crippen LogP contribution in [-0.4, -0.2) is 42.3 Å². The molecule has 1 saturated heterocycles. The second-order valence-corrected chi connectivity index (χ2v) is 4.64. The number of carbonyl (C=O) groups is 2. The van der Waals surface area contributed by atoms with Crippen LogP contribution >= 0.6 is 0 Å². The Morgan fingerprint density at radius 1 is 1.35 bits per heavy atom. The monoisotopic (exact) mass is 282 g/mol. The third kappa shape index (κ3) is 3.52. The first-order valence-electron chi connectivity index (χ1n) is 6.14. The van der Waals surface area contributed by atoms with E-state index in [9.17, 15) is 19.1 Å². The van der Waals surface area contributed by atoms with E-state index in [2.05, 4.69) is 10.6 Å². The Kier molecular flexibility index (Phi) is 4.31. The van der Waals surface area contributed by atoms with Crippen molar-refractivity contribution in [1.29, 1.82) is 0 Å². The van der Waals surface area contributed by atoms with Crippen LogP contribution in [0.3, 0.4) is 0 Å². The van der Waals surface area contributed by atoms with Crippen LogP contribution in [0.1, 0.15) is 6.42 Å². The fourth-order valence-corrected chi connectivity index (χ4v) is 1.80. The van der Waals surface area contributed by atoms with E-state index in [0.29, 0.717) is 13.0 Å². The van der Waals surface area contributed by atoms with Gasteiger partial charge in [0.25, 0.3) is 0 Å². The van der Waals surface area contributed by atoms with Gasteiger partial charge in [-0.05, 0) is 12.1 Å². The summed E-state index contributed by atoms with van der Waals surface area (Å²) < 4.78 is 18.3. The van der Waals surface area contributed by atoms with Gasteiger partial charge in [0.1, 0.15) is 11.4 Å². The summed E-state index contributed by atoms with van der Waals surface area (Å²) in [6.07, 6.45) is 0.391. The Bertz CT molecular complexity index is 515. The van der Waals surface area contributed by atoms with Crippen LogP contribution in [0, 0.1) is 5.82 Å². The molecule has 0 aromatic heterocycles. The van der Waals surface area contributed by atoms with Crippen molar-refractivity contribution in [3.05, 3.63) is 30.1 Å². The fraction of sp³-hybridized carbons (Fsp3) is 0.385. The van der Waals surface area contributed by atoms with E-state index >= 15 is 0 Å². The van der Waals surface area contributed by atoms with Gasteiger partial charge in [0, 0.05) is 19.6 Å². The Labute approximate surface area is 114 Å². The Morgan fingerprint density at radius 2 is 2.10 bits per heavy atom. The first-order valence-corrected chi connectivity index (χ1v) is 6.14. The molecule has 1 aliphatic rings. The molecule has 0 bridgehead atoms. The predicted octanol–water partition coefficient (Wildman–Crippen LogP) is 0.0318. The normalized spacial score (nSPS) is 21.5. The number of carbonyl (C=O) groups excluding carboxylic acids is 2. The molecule has 6 nitrogen and oxygen atoms in total. The molecule has 0 spiro atoms. The van der Waals surface area contributed by atoms with Gasteiger partial charge in [-0.3, -0.25) is 9.59 Å². The van der Waals surface area contributed by atoms with Crippen LogP contribution in [0.15, 0.2) is 24.3 Å². The molecule has 1 atom stereocenters. The number of nitrogens with one attached hydrogen (secondary N) is 2. The minimum absolute atomic E-state index is 0.0736. The summed E-state index contributed by atoms with van der Waals surface area (Å²) in [4.78, 5) is 23.1. The highest BCUT2D eigenvalue weighted by molar-refractivity contribution is 6.39. The molecule has 1 heterocycles.